The topological polar surface area (TPSA) is 61.7 Å². The number of nitriles is 1. The first-order valence-corrected chi connectivity index (χ1v) is 6.64. The highest BCUT2D eigenvalue weighted by Crippen LogP contribution is 2.33. The van der Waals surface area contributed by atoms with E-state index in [0.717, 1.165) is 28.4 Å². The summed E-state index contributed by atoms with van der Waals surface area (Å²) in [7, 11) is 1.69. The number of aromatic amines is 1. The minimum Gasteiger partial charge on any atom is -0.496 e. The smallest absolute Gasteiger partial charge is 0.122 e. The maximum absolute atomic E-state index is 8.63. The predicted molar refractivity (Wildman–Crippen MR) is 78.7 cm³/mol. The van der Waals surface area contributed by atoms with Gasteiger partial charge in [0, 0.05) is 18.4 Å². The van der Waals surface area contributed by atoms with Crippen molar-refractivity contribution in [3.8, 4) is 23.1 Å². The summed E-state index contributed by atoms with van der Waals surface area (Å²) in [4.78, 5) is 7.65. The Hall–Kier alpha value is -2.28. The van der Waals surface area contributed by atoms with Crippen LogP contribution in [0.2, 0.25) is 0 Å². The molecule has 2 rings (SSSR count). The molecule has 0 fully saturated rings. The van der Waals surface area contributed by atoms with E-state index in [2.05, 4.69) is 36.8 Å². The molecule has 1 N–H and O–H groups in total. The van der Waals surface area contributed by atoms with Gasteiger partial charge < -0.3 is 9.72 Å². The lowest BCUT2D eigenvalue weighted by atomic mass is 9.95. The molecule has 0 spiro atoms. The Kier molecular flexibility index (Phi) is 4.09. The van der Waals surface area contributed by atoms with Gasteiger partial charge in [-0.1, -0.05) is 0 Å². The normalized spacial score (nSPS) is 10.3. The quantitative estimate of drug-likeness (QED) is 0.924. The van der Waals surface area contributed by atoms with Crippen LogP contribution in [0.1, 0.15) is 28.9 Å². The van der Waals surface area contributed by atoms with Gasteiger partial charge in [0.15, 0.2) is 0 Å². The van der Waals surface area contributed by atoms with Crippen molar-refractivity contribution in [1.82, 2.24) is 9.97 Å². The second-order valence-electron chi connectivity index (χ2n) is 4.92. The number of imidazole rings is 1. The number of H-pyrrole nitrogens is 1. The van der Waals surface area contributed by atoms with Gasteiger partial charge >= 0.3 is 0 Å². The lowest BCUT2D eigenvalue weighted by Crippen LogP contribution is -1.96. The van der Waals surface area contributed by atoms with E-state index < -0.39 is 0 Å². The van der Waals surface area contributed by atoms with E-state index in [9.17, 15) is 0 Å². The SMILES string of the molecule is COc1cc(C)c(-c2cnc(CCC#N)[nH]2)c(C)c1C. The van der Waals surface area contributed by atoms with Crippen LogP contribution in [0.3, 0.4) is 0 Å². The summed E-state index contributed by atoms with van der Waals surface area (Å²) in [5.74, 6) is 1.77. The predicted octanol–water partition coefficient (Wildman–Crippen LogP) is 3.47. The molecule has 0 bridgehead atoms. The summed E-state index contributed by atoms with van der Waals surface area (Å²) in [5, 5.41) is 8.63. The van der Waals surface area contributed by atoms with Crippen LogP contribution in [0.4, 0.5) is 0 Å². The van der Waals surface area contributed by atoms with Crippen molar-refractivity contribution in [3.05, 3.63) is 34.8 Å². The molecule has 104 valence electrons. The molecule has 1 heterocycles. The number of benzene rings is 1. The third-order valence-electron chi connectivity index (χ3n) is 3.64. The van der Waals surface area contributed by atoms with Gasteiger partial charge in [-0.15, -0.1) is 0 Å². The summed E-state index contributed by atoms with van der Waals surface area (Å²) in [5.41, 5.74) is 5.65. The largest absolute Gasteiger partial charge is 0.496 e. The summed E-state index contributed by atoms with van der Waals surface area (Å²) < 4.78 is 5.39. The first-order valence-electron chi connectivity index (χ1n) is 6.64. The van der Waals surface area contributed by atoms with Gasteiger partial charge in [-0.3, -0.25) is 0 Å². The molecule has 0 aliphatic carbocycles. The average molecular weight is 269 g/mol. The van der Waals surface area contributed by atoms with Crippen molar-refractivity contribution in [2.24, 2.45) is 0 Å². The molecule has 0 aliphatic rings. The van der Waals surface area contributed by atoms with Gasteiger partial charge in [-0.05, 0) is 43.5 Å². The fourth-order valence-electron chi connectivity index (χ4n) is 2.46. The maximum Gasteiger partial charge on any atom is 0.122 e. The van der Waals surface area contributed by atoms with E-state index in [1.165, 1.54) is 11.1 Å². The number of aryl methyl sites for hydroxylation is 2. The Morgan fingerprint density at radius 1 is 1.30 bits per heavy atom. The zero-order chi connectivity index (χ0) is 14.7. The fourth-order valence-corrected chi connectivity index (χ4v) is 2.46. The Morgan fingerprint density at radius 3 is 2.70 bits per heavy atom. The minimum absolute atomic E-state index is 0.479. The molecule has 0 radical (unpaired) electrons. The number of hydrogen-bond acceptors (Lipinski definition) is 3. The van der Waals surface area contributed by atoms with E-state index >= 15 is 0 Å². The Bertz CT molecular complexity index is 665. The van der Waals surface area contributed by atoms with Crippen molar-refractivity contribution < 1.29 is 4.74 Å². The summed E-state index contributed by atoms with van der Waals surface area (Å²) >= 11 is 0. The van der Waals surface area contributed by atoms with E-state index in [1.807, 2.05) is 12.3 Å². The molecule has 0 amide bonds. The van der Waals surface area contributed by atoms with Crippen LogP contribution in [0.5, 0.6) is 5.75 Å². The molecular weight excluding hydrogens is 250 g/mol. The van der Waals surface area contributed by atoms with Gasteiger partial charge in [0.1, 0.15) is 11.6 Å². The van der Waals surface area contributed by atoms with Crippen LogP contribution in [0.25, 0.3) is 11.3 Å². The summed E-state index contributed by atoms with van der Waals surface area (Å²) in [6, 6.07) is 4.18. The van der Waals surface area contributed by atoms with Crippen molar-refractivity contribution in [1.29, 1.82) is 5.26 Å². The Morgan fingerprint density at radius 2 is 2.05 bits per heavy atom. The maximum atomic E-state index is 8.63. The van der Waals surface area contributed by atoms with Gasteiger partial charge in [-0.2, -0.15) is 5.26 Å². The number of rotatable bonds is 4. The zero-order valence-corrected chi connectivity index (χ0v) is 12.4. The van der Waals surface area contributed by atoms with Crippen LogP contribution in [0.15, 0.2) is 12.3 Å². The van der Waals surface area contributed by atoms with Crippen LogP contribution < -0.4 is 4.74 Å². The Balaban J connectivity index is 2.45. The van der Waals surface area contributed by atoms with Crippen LogP contribution in [0, 0.1) is 32.1 Å². The molecule has 0 unspecified atom stereocenters. The Labute approximate surface area is 119 Å². The monoisotopic (exact) mass is 269 g/mol. The number of hydrogen-bond donors (Lipinski definition) is 1. The lowest BCUT2D eigenvalue weighted by molar-refractivity contribution is 0.411. The molecule has 1 aromatic heterocycles. The number of nitrogens with one attached hydrogen (secondary N) is 1. The van der Waals surface area contributed by atoms with Crippen molar-refractivity contribution in [2.75, 3.05) is 7.11 Å². The van der Waals surface area contributed by atoms with Gasteiger partial charge in [0.05, 0.1) is 25.1 Å². The van der Waals surface area contributed by atoms with E-state index in [4.69, 9.17) is 10.00 Å². The highest BCUT2D eigenvalue weighted by molar-refractivity contribution is 5.70. The molecule has 0 aliphatic heterocycles. The molecule has 2 aromatic rings. The van der Waals surface area contributed by atoms with Crippen molar-refractivity contribution >= 4 is 0 Å². The molecular formula is C16H19N3O. The zero-order valence-electron chi connectivity index (χ0n) is 12.4. The molecule has 20 heavy (non-hydrogen) atoms. The first-order chi connectivity index (χ1) is 9.58. The second-order valence-corrected chi connectivity index (χ2v) is 4.92. The molecule has 4 nitrogen and oxygen atoms in total. The molecule has 4 heteroatoms. The number of ether oxygens (including phenoxy) is 1. The lowest BCUT2D eigenvalue weighted by Gasteiger charge is -2.14. The number of nitrogens with zero attached hydrogens (tertiary/aromatic N) is 2. The molecule has 0 saturated carbocycles. The van der Waals surface area contributed by atoms with Crippen molar-refractivity contribution in [2.45, 2.75) is 33.6 Å². The molecule has 0 saturated heterocycles. The fraction of sp³-hybridized carbons (Fsp3) is 0.375. The molecule has 0 atom stereocenters. The highest BCUT2D eigenvalue weighted by Gasteiger charge is 2.14. The van der Waals surface area contributed by atoms with Gasteiger partial charge in [0.25, 0.3) is 0 Å². The van der Waals surface area contributed by atoms with Crippen LogP contribution >= 0.6 is 0 Å². The number of methoxy groups -OCH3 is 1. The van der Waals surface area contributed by atoms with Crippen LogP contribution in [-0.4, -0.2) is 17.1 Å². The van der Waals surface area contributed by atoms with E-state index in [-0.39, 0.29) is 0 Å². The third kappa shape index (κ3) is 2.53. The van der Waals surface area contributed by atoms with Gasteiger partial charge in [0.2, 0.25) is 0 Å². The average Bonchev–Trinajstić information content (AvgIpc) is 2.89. The number of aromatic nitrogens is 2. The summed E-state index contributed by atoms with van der Waals surface area (Å²) in [6.07, 6.45) is 2.98. The first kappa shape index (κ1) is 14.1. The van der Waals surface area contributed by atoms with Gasteiger partial charge in [-0.25, -0.2) is 4.98 Å². The third-order valence-corrected chi connectivity index (χ3v) is 3.64. The minimum atomic E-state index is 0.479. The van der Waals surface area contributed by atoms with E-state index in [1.54, 1.807) is 7.11 Å². The van der Waals surface area contributed by atoms with E-state index in [0.29, 0.717) is 12.8 Å². The molecule has 1 aromatic carbocycles. The highest BCUT2D eigenvalue weighted by atomic mass is 16.5. The second kappa shape index (κ2) is 5.79. The van der Waals surface area contributed by atoms with Crippen LogP contribution in [-0.2, 0) is 6.42 Å². The van der Waals surface area contributed by atoms with Crippen molar-refractivity contribution in [3.63, 3.8) is 0 Å². The standard InChI is InChI=1S/C16H19N3O/c1-10-8-14(20-4)11(2)12(3)16(10)13-9-18-15(19-13)6-5-7-17/h8-9H,5-6H2,1-4H3,(H,18,19). The summed E-state index contributed by atoms with van der Waals surface area (Å²) in [6.45, 7) is 6.22.